The van der Waals surface area contributed by atoms with Gasteiger partial charge in [0, 0.05) is 11.9 Å². The number of aromatic nitrogens is 2. The number of hydrogen-bond donors (Lipinski definition) is 1. The van der Waals surface area contributed by atoms with Crippen LogP contribution in [0.25, 0.3) is 0 Å². The molecule has 1 aromatic heterocycles. The molecule has 0 fully saturated rings. The maximum absolute atomic E-state index is 5.35. The predicted molar refractivity (Wildman–Crippen MR) is 82.4 cm³/mol. The number of ether oxygens (including phenoxy) is 2. The molecule has 0 saturated heterocycles. The van der Waals surface area contributed by atoms with E-state index in [1.807, 2.05) is 24.4 Å². The van der Waals surface area contributed by atoms with Crippen LogP contribution in [0.5, 0.6) is 11.5 Å². The summed E-state index contributed by atoms with van der Waals surface area (Å²) in [5, 5.41) is 0. The Hall–Kier alpha value is -1.75. The van der Waals surface area contributed by atoms with Gasteiger partial charge >= 0.3 is 0 Å². The smallest absolute Gasteiger partial charge is 0.177 e. The summed E-state index contributed by atoms with van der Waals surface area (Å²) in [6.45, 7) is 5.03. The number of aromatic amines is 1. The molecule has 0 aliphatic rings. The molecule has 0 spiro atoms. The highest BCUT2D eigenvalue weighted by Crippen LogP contribution is 2.28. The Kier molecular flexibility index (Phi) is 4.49. The Bertz CT molecular complexity index is 644. The second-order valence-corrected chi connectivity index (χ2v) is 5.34. The number of rotatable bonds is 5. The zero-order valence-corrected chi connectivity index (χ0v) is 13.1. The van der Waals surface area contributed by atoms with Crippen molar-refractivity contribution >= 4 is 12.2 Å². The third-order valence-corrected chi connectivity index (χ3v) is 3.62. The molecular formula is C15H20N2O2S. The molecule has 108 valence electrons. The third kappa shape index (κ3) is 2.88. The van der Waals surface area contributed by atoms with Crippen molar-refractivity contribution in [1.29, 1.82) is 0 Å². The number of nitrogens with zero attached hydrogens (tertiary/aromatic N) is 1. The number of benzene rings is 1. The Morgan fingerprint density at radius 3 is 2.50 bits per heavy atom. The Labute approximate surface area is 124 Å². The molecule has 0 atom stereocenters. The highest BCUT2D eigenvalue weighted by molar-refractivity contribution is 7.71. The van der Waals surface area contributed by atoms with Crippen molar-refractivity contribution in [3.05, 3.63) is 40.4 Å². The molecule has 5 heteroatoms. The van der Waals surface area contributed by atoms with Crippen LogP contribution in [0.1, 0.15) is 31.0 Å². The topological polar surface area (TPSA) is 39.2 Å². The van der Waals surface area contributed by atoms with Crippen molar-refractivity contribution in [1.82, 2.24) is 9.55 Å². The molecule has 4 nitrogen and oxygen atoms in total. The van der Waals surface area contributed by atoms with Crippen molar-refractivity contribution in [3.8, 4) is 11.5 Å². The summed E-state index contributed by atoms with van der Waals surface area (Å²) in [6.07, 6.45) is 1.98. The van der Waals surface area contributed by atoms with Gasteiger partial charge in [-0.2, -0.15) is 0 Å². The summed E-state index contributed by atoms with van der Waals surface area (Å²) in [7, 11) is 3.28. The molecule has 0 bridgehead atoms. The number of methoxy groups -OCH3 is 2. The first-order valence-corrected chi connectivity index (χ1v) is 6.96. The second kappa shape index (κ2) is 6.13. The minimum atomic E-state index is 0.420. The summed E-state index contributed by atoms with van der Waals surface area (Å²) in [5.41, 5.74) is 2.32. The van der Waals surface area contributed by atoms with E-state index in [4.69, 9.17) is 21.7 Å². The molecule has 0 unspecified atom stereocenters. The number of nitrogens with one attached hydrogen (secondary N) is 1. The van der Waals surface area contributed by atoms with E-state index in [0.717, 1.165) is 28.4 Å². The molecule has 2 rings (SSSR count). The van der Waals surface area contributed by atoms with E-state index in [9.17, 15) is 0 Å². The van der Waals surface area contributed by atoms with Crippen molar-refractivity contribution < 1.29 is 9.47 Å². The van der Waals surface area contributed by atoms with Crippen molar-refractivity contribution in [3.63, 3.8) is 0 Å². The van der Waals surface area contributed by atoms with E-state index in [0.29, 0.717) is 5.92 Å². The first kappa shape index (κ1) is 14.7. The lowest BCUT2D eigenvalue weighted by Crippen LogP contribution is -2.06. The molecule has 20 heavy (non-hydrogen) atoms. The van der Waals surface area contributed by atoms with Crippen LogP contribution in [-0.4, -0.2) is 23.8 Å². The molecule has 0 aliphatic heterocycles. The van der Waals surface area contributed by atoms with Crippen LogP contribution in [0.4, 0.5) is 0 Å². The Morgan fingerprint density at radius 1 is 1.20 bits per heavy atom. The summed E-state index contributed by atoms with van der Waals surface area (Å²) in [6, 6.07) is 5.93. The molecule has 0 aliphatic carbocycles. The van der Waals surface area contributed by atoms with Gasteiger partial charge in [-0.25, -0.2) is 0 Å². The summed E-state index contributed by atoms with van der Waals surface area (Å²) >= 11 is 5.35. The Balaban J connectivity index is 2.35. The monoisotopic (exact) mass is 292 g/mol. The highest BCUT2D eigenvalue weighted by Gasteiger charge is 2.10. The van der Waals surface area contributed by atoms with Gasteiger partial charge in [0.05, 0.1) is 20.8 Å². The minimum Gasteiger partial charge on any atom is -0.493 e. The quantitative estimate of drug-likeness (QED) is 0.853. The van der Waals surface area contributed by atoms with Crippen LogP contribution in [0.2, 0.25) is 0 Å². The average molecular weight is 292 g/mol. The standard InChI is InChI=1S/C15H20N2O2S/c1-10(2)12-8-16-15(20)17(12)9-11-5-6-13(18-3)14(7-11)19-4/h5-8,10H,9H2,1-4H3,(H,16,20). The van der Waals surface area contributed by atoms with E-state index in [1.54, 1.807) is 14.2 Å². The fourth-order valence-corrected chi connectivity index (χ4v) is 2.44. The van der Waals surface area contributed by atoms with E-state index in [1.165, 1.54) is 5.69 Å². The van der Waals surface area contributed by atoms with Gasteiger partial charge in [0.25, 0.3) is 0 Å². The lowest BCUT2D eigenvalue weighted by Gasteiger charge is -2.13. The molecule has 1 heterocycles. The van der Waals surface area contributed by atoms with E-state index < -0.39 is 0 Å². The Morgan fingerprint density at radius 2 is 1.90 bits per heavy atom. The van der Waals surface area contributed by atoms with Crippen LogP contribution in [0, 0.1) is 4.77 Å². The average Bonchev–Trinajstić information content (AvgIpc) is 2.80. The lowest BCUT2D eigenvalue weighted by molar-refractivity contribution is 0.354. The molecule has 1 aromatic carbocycles. The lowest BCUT2D eigenvalue weighted by atomic mass is 10.1. The molecule has 0 saturated carbocycles. The maximum Gasteiger partial charge on any atom is 0.177 e. The van der Waals surface area contributed by atoms with Crippen LogP contribution >= 0.6 is 12.2 Å². The van der Waals surface area contributed by atoms with Gasteiger partial charge in [0.1, 0.15) is 0 Å². The summed E-state index contributed by atoms with van der Waals surface area (Å²) < 4.78 is 13.4. The fourth-order valence-electron chi connectivity index (χ4n) is 2.21. The predicted octanol–water partition coefficient (Wildman–Crippen LogP) is 3.73. The van der Waals surface area contributed by atoms with E-state index >= 15 is 0 Å². The summed E-state index contributed by atoms with van der Waals surface area (Å²) in [4.78, 5) is 3.11. The fraction of sp³-hybridized carbons (Fsp3) is 0.400. The molecular weight excluding hydrogens is 272 g/mol. The number of hydrogen-bond acceptors (Lipinski definition) is 3. The minimum absolute atomic E-state index is 0.420. The zero-order chi connectivity index (χ0) is 14.7. The van der Waals surface area contributed by atoms with Gasteiger partial charge in [-0.3, -0.25) is 0 Å². The third-order valence-electron chi connectivity index (χ3n) is 3.28. The number of H-pyrrole nitrogens is 1. The van der Waals surface area contributed by atoms with Crippen LogP contribution in [0.15, 0.2) is 24.4 Å². The molecule has 0 amide bonds. The molecule has 2 aromatic rings. The normalized spacial score (nSPS) is 10.8. The van der Waals surface area contributed by atoms with Crippen molar-refractivity contribution in [2.45, 2.75) is 26.3 Å². The molecule has 0 radical (unpaired) electrons. The first-order chi connectivity index (χ1) is 9.56. The van der Waals surface area contributed by atoms with Gasteiger partial charge in [0.2, 0.25) is 0 Å². The van der Waals surface area contributed by atoms with Crippen LogP contribution < -0.4 is 9.47 Å². The van der Waals surface area contributed by atoms with Gasteiger partial charge in [0.15, 0.2) is 16.3 Å². The largest absolute Gasteiger partial charge is 0.493 e. The van der Waals surface area contributed by atoms with Gasteiger partial charge in [-0.05, 0) is 35.8 Å². The van der Waals surface area contributed by atoms with Crippen LogP contribution in [-0.2, 0) is 6.54 Å². The van der Waals surface area contributed by atoms with Gasteiger partial charge < -0.3 is 19.0 Å². The molecule has 1 N–H and O–H groups in total. The first-order valence-electron chi connectivity index (χ1n) is 6.55. The summed E-state index contributed by atoms with van der Waals surface area (Å²) in [5.74, 6) is 1.89. The number of imidazole rings is 1. The van der Waals surface area contributed by atoms with Crippen LogP contribution in [0.3, 0.4) is 0 Å². The zero-order valence-electron chi connectivity index (χ0n) is 12.3. The van der Waals surface area contributed by atoms with Crippen molar-refractivity contribution in [2.24, 2.45) is 0 Å². The van der Waals surface area contributed by atoms with Gasteiger partial charge in [-0.1, -0.05) is 19.9 Å². The SMILES string of the molecule is COc1ccc(Cn2c(C(C)C)c[nH]c2=S)cc1OC. The maximum atomic E-state index is 5.35. The highest BCUT2D eigenvalue weighted by atomic mass is 32.1. The van der Waals surface area contributed by atoms with E-state index in [-0.39, 0.29) is 0 Å². The van der Waals surface area contributed by atoms with Crippen molar-refractivity contribution in [2.75, 3.05) is 14.2 Å². The van der Waals surface area contributed by atoms with E-state index in [2.05, 4.69) is 23.4 Å². The van der Waals surface area contributed by atoms with Gasteiger partial charge in [-0.15, -0.1) is 0 Å². The second-order valence-electron chi connectivity index (χ2n) is 4.95.